The molecule has 0 bridgehead atoms. The highest BCUT2D eigenvalue weighted by atomic mass is 35.5. The maximum atomic E-state index is 12.7. The van der Waals surface area contributed by atoms with Crippen molar-refractivity contribution in [3.8, 4) is 0 Å². The van der Waals surface area contributed by atoms with Crippen LogP contribution in [0.1, 0.15) is 17.2 Å². The Bertz CT molecular complexity index is 998. The molecule has 1 aromatic heterocycles. The summed E-state index contributed by atoms with van der Waals surface area (Å²) in [6.45, 7) is -0.298. The number of benzene rings is 2. The molecule has 0 aliphatic carbocycles. The van der Waals surface area contributed by atoms with Crippen molar-refractivity contribution in [2.75, 3.05) is 13.6 Å². The molecule has 2 aromatic carbocycles. The van der Waals surface area contributed by atoms with Crippen molar-refractivity contribution >= 4 is 38.9 Å². The highest BCUT2D eigenvalue weighted by Gasteiger charge is 2.26. The van der Waals surface area contributed by atoms with Crippen molar-refractivity contribution in [3.05, 3.63) is 88.3 Å². The third-order valence-corrected chi connectivity index (χ3v) is 7.65. The second-order valence-corrected chi connectivity index (χ2v) is 10.1. The number of nitrogens with one attached hydrogen (secondary N) is 1. The molecule has 146 valence electrons. The molecule has 3 rings (SSSR count). The standard InChI is InChI=1S/C20H19ClN2O3S2/c1-23(28(25,26)19-13-12-17(21)27-19)14-18(24)22-20(15-8-4-2-5-9-15)16-10-6-3-7-11-16/h2-13,20H,14H2,1H3,(H,22,24). The highest BCUT2D eigenvalue weighted by Crippen LogP contribution is 2.27. The molecule has 0 saturated heterocycles. The van der Waals surface area contributed by atoms with Gasteiger partial charge in [0.05, 0.1) is 16.9 Å². The number of halogens is 1. The molecule has 0 atom stereocenters. The van der Waals surface area contributed by atoms with Crippen LogP contribution >= 0.6 is 22.9 Å². The Balaban J connectivity index is 1.77. The van der Waals surface area contributed by atoms with Crippen molar-refractivity contribution < 1.29 is 13.2 Å². The van der Waals surface area contributed by atoms with Gasteiger partial charge in [-0.15, -0.1) is 11.3 Å². The van der Waals surface area contributed by atoms with E-state index in [0.29, 0.717) is 4.34 Å². The van der Waals surface area contributed by atoms with E-state index in [9.17, 15) is 13.2 Å². The molecule has 28 heavy (non-hydrogen) atoms. The molecule has 1 N–H and O–H groups in total. The predicted octanol–water partition coefficient (Wildman–Crippen LogP) is 3.93. The van der Waals surface area contributed by atoms with Crippen molar-refractivity contribution in [2.45, 2.75) is 10.3 Å². The molecule has 1 heterocycles. The number of carbonyl (C=O) groups is 1. The zero-order valence-corrected chi connectivity index (χ0v) is 17.5. The molecule has 0 saturated carbocycles. The van der Waals surface area contributed by atoms with Gasteiger partial charge in [-0.2, -0.15) is 4.31 Å². The second-order valence-electron chi connectivity index (χ2n) is 6.14. The van der Waals surface area contributed by atoms with Crippen LogP contribution < -0.4 is 5.32 Å². The average Bonchev–Trinajstić information content (AvgIpc) is 3.14. The first-order chi connectivity index (χ1) is 13.4. The van der Waals surface area contributed by atoms with Crippen LogP contribution in [-0.2, 0) is 14.8 Å². The lowest BCUT2D eigenvalue weighted by atomic mass is 9.99. The summed E-state index contributed by atoms with van der Waals surface area (Å²) in [5, 5.41) is 2.94. The summed E-state index contributed by atoms with van der Waals surface area (Å²) >= 11 is 6.80. The minimum atomic E-state index is -3.77. The first-order valence-electron chi connectivity index (χ1n) is 8.49. The fourth-order valence-electron chi connectivity index (χ4n) is 2.73. The van der Waals surface area contributed by atoms with Crippen LogP contribution in [-0.4, -0.2) is 32.2 Å². The van der Waals surface area contributed by atoms with Gasteiger partial charge in [-0.1, -0.05) is 72.3 Å². The maximum absolute atomic E-state index is 12.7. The monoisotopic (exact) mass is 434 g/mol. The number of amides is 1. The number of carbonyl (C=O) groups excluding carboxylic acids is 1. The smallest absolute Gasteiger partial charge is 0.252 e. The first kappa shape index (κ1) is 20.5. The zero-order valence-electron chi connectivity index (χ0n) is 15.1. The van der Waals surface area contributed by atoms with Crippen LogP contribution in [0.25, 0.3) is 0 Å². The van der Waals surface area contributed by atoms with E-state index in [2.05, 4.69) is 5.32 Å². The molecule has 0 unspecified atom stereocenters. The van der Waals surface area contributed by atoms with Crippen molar-refractivity contribution in [1.82, 2.24) is 9.62 Å². The average molecular weight is 435 g/mol. The molecule has 0 aliphatic heterocycles. The van der Waals surface area contributed by atoms with Crippen LogP contribution in [0.2, 0.25) is 4.34 Å². The van der Waals surface area contributed by atoms with Gasteiger partial charge in [0.25, 0.3) is 10.0 Å². The Labute approximate surface area is 173 Å². The number of likely N-dealkylation sites (N-methyl/N-ethyl adjacent to an activating group) is 1. The van der Waals surface area contributed by atoms with Crippen LogP contribution in [0.3, 0.4) is 0 Å². The lowest BCUT2D eigenvalue weighted by Crippen LogP contribution is -2.39. The number of hydrogen-bond acceptors (Lipinski definition) is 4. The van der Waals surface area contributed by atoms with Crippen molar-refractivity contribution in [2.24, 2.45) is 0 Å². The summed E-state index contributed by atoms with van der Waals surface area (Å²) in [5.41, 5.74) is 1.83. The molecule has 5 nitrogen and oxygen atoms in total. The molecule has 3 aromatic rings. The van der Waals surface area contributed by atoms with E-state index in [0.717, 1.165) is 26.8 Å². The summed E-state index contributed by atoms with van der Waals surface area (Å²) in [4.78, 5) is 12.7. The van der Waals surface area contributed by atoms with E-state index in [-0.39, 0.29) is 16.8 Å². The van der Waals surface area contributed by atoms with E-state index in [1.807, 2.05) is 60.7 Å². The van der Waals surface area contributed by atoms with E-state index < -0.39 is 15.9 Å². The number of nitrogens with zero attached hydrogens (tertiary/aromatic N) is 1. The molecular weight excluding hydrogens is 416 g/mol. The third-order valence-electron chi connectivity index (χ3n) is 4.15. The van der Waals surface area contributed by atoms with Crippen LogP contribution in [0, 0.1) is 0 Å². The van der Waals surface area contributed by atoms with Crippen LogP contribution in [0.5, 0.6) is 0 Å². The van der Waals surface area contributed by atoms with Gasteiger partial charge in [0, 0.05) is 7.05 Å². The molecular formula is C20H19ClN2O3S2. The zero-order chi connectivity index (χ0) is 20.1. The third kappa shape index (κ3) is 4.80. The normalized spacial score (nSPS) is 11.7. The molecule has 0 fully saturated rings. The topological polar surface area (TPSA) is 66.5 Å². The van der Waals surface area contributed by atoms with Crippen molar-refractivity contribution in [1.29, 1.82) is 0 Å². The van der Waals surface area contributed by atoms with Gasteiger partial charge in [0.1, 0.15) is 4.21 Å². The Kier molecular flexibility index (Phi) is 6.51. The van der Waals surface area contributed by atoms with Crippen LogP contribution in [0.15, 0.2) is 77.0 Å². The fraction of sp³-hybridized carbons (Fsp3) is 0.150. The number of rotatable bonds is 7. The van der Waals surface area contributed by atoms with E-state index in [4.69, 9.17) is 11.6 Å². The van der Waals surface area contributed by atoms with Gasteiger partial charge in [0.2, 0.25) is 5.91 Å². The number of thiophene rings is 1. The molecule has 8 heteroatoms. The largest absolute Gasteiger partial charge is 0.344 e. The van der Waals surface area contributed by atoms with Gasteiger partial charge in [-0.05, 0) is 23.3 Å². The first-order valence-corrected chi connectivity index (χ1v) is 11.1. The Morgan fingerprint density at radius 3 is 2.00 bits per heavy atom. The van der Waals surface area contributed by atoms with Gasteiger partial charge >= 0.3 is 0 Å². The SMILES string of the molecule is CN(CC(=O)NC(c1ccccc1)c1ccccc1)S(=O)(=O)c1ccc(Cl)s1. The highest BCUT2D eigenvalue weighted by molar-refractivity contribution is 7.91. The fourth-order valence-corrected chi connectivity index (χ4v) is 5.55. The van der Waals surface area contributed by atoms with Crippen LogP contribution in [0.4, 0.5) is 0 Å². The summed E-state index contributed by atoms with van der Waals surface area (Å²) in [6.07, 6.45) is 0. The summed E-state index contributed by atoms with van der Waals surface area (Å²) in [6, 6.07) is 21.7. The lowest BCUT2D eigenvalue weighted by Gasteiger charge is -2.22. The van der Waals surface area contributed by atoms with Gasteiger partial charge in [-0.25, -0.2) is 8.42 Å². The summed E-state index contributed by atoms with van der Waals surface area (Å²) < 4.78 is 26.7. The van der Waals surface area contributed by atoms with E-state index >= 15 is 0 Å². The van der Waals surface area contributed by atoms with Gasteiger partial charge in [-0.3, -0.25) is 4.79 Å². The Hall–Kier alpha value is -2.19. The quantitative estimate of drug-likeness (QED) is 0.612. The summed E-state index contributed by atoms with van der Waals surface area (Å²) in [7, 11) is -2.39. The number of hydrogen-bond donors (Lipinski definition) is 1. The molecule has 0 radical (unpaired) electrons. The molecule has 0 spiro atoms. The maximum Gasteiger partial charge on any atom is 0.252 e. The molecule has 1 amide bonds. The van der Waals surface area contributed by atoms with Crippen molar-refractivity contribution in [3.63, 3.8) is 0 Å². The second kappa shape index (κ2) is 8.87. The number of sulfonamides is 1. The Morgan fingerprint density at radius 2 is 1.54 bits per heavy atom. The molecule has 0 aliphatic rings. The summed E-state index contributed by atoms with van der Waals surface area (Å²) in [5.74, 6) is -0.397. The van der Waals surface area contributed by atoms with Gasteiger partial charge < -0.3 is 5.32 Å². The minimum Gasteiger partial charge on any atom is -0.344 e. The van der Waals surface area contributed by atoms with Gasteiger partial charge in [0.15, 0.2) is 0 Å². The predicted molar refractivity (Wildman–Crippen MR) is 112 cm³/mol. The Morgan fingerprint density at radius 1 is 1.00 bits per heavy atom. The minimum absolute atomic E-state index is 0.107. The lowest BCUT2D eigenvalue weighted by molar-refractivity contribution is -0.121. The van der Waals surface area contributed by atoms with E-state index in [1.165, 1.54) is 19.2 Å². The van der Waals surface area contributed by atoms with E-state index in [1.54, 1.807) is 0 Å².